The van der Waals surface area contributed by atoms with Crippen LogP contribution in [-0.2, 0) is 0 Å². The molecule has 0 radical (unpaired) electrons. The predicted octanol–water partition coefficient (Wildman–Crippen LogP) is 4.00. The Hall–Kier alpha value is -1.59. The maximum atomic E-state index is 14.2. The molecule has 3 nitrogen and oxygen atoms in total. The molecule has 0 heterocycles. The highest BCUT2D eigenvalue weighted by molar-refractivity contribution is 9.10. The van der Waals surface area contributed by atoms with Gasteiger partial charge in [0.2, 0.25) is 0 Å². The van der Waals surface area contributed by atoms with Gasteiger partial charge in [-0.05, 0) is 40.5 Å². The maximum Gasteiger partial charge on any atom is 0.133 e. The molecule has 1 atom stereocenters. The van der Waals surface area contributed by atoms with Crippen LogP contribution in [0.3, 0.4) is 0 Å². The van der Waals surface area contributed by atoms with Crippen molar-refractivity contribution in [1.82, 2.24) is 0 Å². The van der Waals surface area contributed by atoms with Crippen LogP contribution in [0.15, 0.2) is 34.8 Å². The molecule has 0 spiro atoms. The molecular weight excluding hydrogens is 339 g/mol. The van der Waals surface area contributed by atoms with E-state index in [1.54, 1.807) is 37.3 Å². The van der Waals surface area contributed by atoms with Crippen LogP contribution in [-0.4, -0.2) is 19.3 Å². The first kappa shape index (κ1) is 15.8. The van der Waals surface area contributed by atoms with E-state index >= 15 is 0 Å². The number of aliphatic hydroxyl groups is 1. The molecule has 0 fully saturated rings. The fraction of sp³-hybridized carbons (Fsp3) is 0.250. The maximum absolute atomic E-state index is 14.2. The SMILES string of the molecule is COc1cc(C(O)c2cccc(C)c2F)c(OC)cc1Br. The van der Waals surface area contributed by atoms with Crippen LogP contribution in [0.4, 0.5) is 4.39 Å². The minimum atomic E-state index is -1.14. The van der Waals surface area contributed by atoms with Crippen molar-refractivity contribution < 1.29 is 19.0 Å². The highest BCUT2D eigenvalue weighted by Gasteiger charge is 2.21. The Morgan fingerprint density at radius 1 is 1.10 bits per heavy atom. The number of halogens is 2. The number of methoxy groups -OCH3 is 2. The summed E-state index contributed by atoms with van der Waals surface area (Å²) in [7, 11) is 3.02. The zero-order valence-corrected chi connectivity index (χ0v) is 13.6. The smallest absolute Gasteiger partial charge is 0.133 e. The molecule has 1 N–H and O–H groups in total. The molecular formula is C16H16BrFO3. The van der Waals surface area contributed by atoms with E-state index in [2.05, 4.69) is 15.9 Å². The summed E-state index contributed by atoms with van der Waals surface area (Å²) in [5, 5.41) is 10.5. The van der Waals surface area contributed by atoms with Crippen molar-refractivity contribution in [2.45, 2.75) is 13.0 Å². The number of hydrogen-bond donors (Lipinski definition) is 1. The van der Waals surface area contributed by atoms with Gasteiger partial charge < -0.3 is 14.6 Å². The van der Waals surface area contributed by atoms with E-state index in [0.29, 0.717) is 27.1 Å². The first-order chi connectivity index (χ1) is 9.99. The standard InChI is InChI=1S/C16H16BrFO3/c1-9-5-4-6-10(15(9)18)16(19)11-7-14(21-3)12(17)8-13(11)20-2/h4-8,16,19H,1-3H3. The van der Waals surface area contributed by atoms with Gasteiger partial charge >= 0.3 is 0 Å². The molecule has 0 aliphatic carbocycles. The molecule has 0 saturated carbocycles. The normalized spacial score (nSPS) is 12.1. The molecule has 2 rings (SSSR count). The van der Waals surface area contributed by atoms with Gasteiger partial charge in [0.1, 0.15) is 23.4 Å². The Morgan fingerprint density at radius 2 is 1.76 bits per heavy atom. The summed E-state index contributed by atoms with van der Waals surface area (Å²) in [6, 6.07) is 8.24. The Morgan fingerprint density at radius 3 is 2.38 bits per heavy atom. The van der Waals surface area contributed by atoms with Gasteiger partial charge in [-0.3, -0.25) is 0 Å². The molecule has 0 aliphatic rings. The van der Waals surface area contributed by atoms with Crippen molar-refractivity contribution in [3.8, 4) is 11.5 Å². The molecule has 0 aliphatic heterocycles. The second kappa shape index (κ2) is 6.45. The number of aliphatic hydroxyl groups excluding tert-OH is 1. The van der Waals surface area contributed by atoms with Gasteiger partial charge in [0.25, 0.3) is 0 Å². The number of aryl methyl sites for hydroxylation is 1. The Balaban J connectivity index is 2.56. The first-order valence-corrected chi connectivity index (χ1v) is 7.13. The number of rotatable bonds is 4. The van der Waals surface area contributed by atoms with Gasteiger partial charge in [-0.25, -0.2) is 4.39 Å². The van der Waals surface area contributed by atoms with Crippen LogP contribution in [0, 0.1) is 12.7 Å². The molecule has 21 heavy (non-hydrogen) atoms. The summed E-state index contributed by atoms with van der Waals surface area (Å²) < 4.78 is 25.4. The molecule has 5 heteroatoms. The van der Waals surface area contributed by atoms with Crippen molar-refractivity contribution >= 4 is 15.9 Å². The molecule has 0 bridgehead atoms. The summed E-state index contributed by atoms with van der Waals surface area (Å²) in [6.45, 7) is 1.66. The molecule has 1 unspecified atom stereocenters. The van der Waals surface area contributed by atoms with E-state index in [1.807, 2.05) is 0 Å². The third-order valence-corrected chi connectivity index (χ3v) is 3.93. The zero-order chi connectivity index (χ0) is 15.6. The summed E-state index contributed by atoms with van der Waals surface area (Å²) in [5.74, 6) is 0.572. The third kappa shape index (κ3) is 3.04. The lowest BCUT2D eigenvalue weighted by atomic mass is 9.98. The highest BCUT2D eigenvalue weighted by Crippen LogP contribution is 2.38. The van der Waals surface area contributed by atoms with E-state index in [0.717, 1.165) is 0 Å². The van der Waals surface area contributed by atoms with Crippen molar-refractivity contribution in [1.29, 1.82) is 0 Å². The predicted molar refractivity (Wildman–Crippen MR) is 82.4 cm³/mol. The van der Waals surface area contributed by atoms with Gasteiger partial charge in [-0.15, -0.1) is 0 Å². The van der Waals surface area contributed by atoms with Crippen LogP contribution in [0.1, 0.15) is 22.8 Å². The van der Waals surface area contributed by atoms with Crippen LogP contribution in [0.5, 0.6) is 11.5 Å². The number of ether oxygens (including phenoxy) is 2. The fourth-order valence-corrected chi connectivity index (χ4v) is 2.63. The van der Waals surface area contributed by atoms with Crippen LogP contribution in [0.2, 0.25) is 0 Å². The Bertz CT molecular complexity index is 658. The summed E-state index contributed by atoms with van der Waals surface area (Å²) in [4.78, 5) is 0. The average Bonchev–Trinajstić information content (AvgIpc) is 2.49. The van der Waals surface area contributed by atoms with Gasteiger partial charge in [-0.1, -0.05) is 18.2 Å². The Labute approximate surface area is 131 Å². The Kier molecular flexibility index (Phi) is 4.85. The molecule has 2 aromatic carbocycles. The fourth-order valence-electron chi connectivity index (χ4n) is 2.15. The average molecular weight is 355 g/mol. The monoisotopic (exact) mass is 354 g/mol. The molecule has 112 valence electrons. The van der Waals surface area contributed by atoms with Crippen molar-refractivity contribution in [2.24, 2.45) is 0 Å². The minimum Gasteiger partial charge on any atom is -0.496 e. The van der Waals surface area contributed by atoms with E-state index in [4.69, 9.17) is 9.47 Å². The van der Waals surface area contributed by atoms with Crippen LogP contribution in [0.25, 0.3) is 0 Å². The molecule has 2 aromatic rings. The number of hydrogen-bond acceptors (Lipinski definition) is 3. The lowest BCUT2D eigenvalue weighted by Gasteiger charge is -2.18. The third-order valence-electron chi connectivity index (χ3n) is 3.31. The van der Waals surface area contributed by atoms with Gasteiger partial charge in [0.15, 0.2) is 0 Å². The van der Waals surface area contributed by atoms with E-state index in [9.17, 15) is 9.50 Å². The molecule has 0 amide bonds. The van der Waals surface area contributed by atoms with Gasteiger partial charge in [0, 0.05) is 11.1 Å². The first-order valence-electron chi connectivity index (χ1n) is 6.34. The van der Waals surface area contributed by atoms with Crippen LogP contribution < -0.4 is 9.47 Å². The minimum absolute atomic E-state index is 0.206. The molecule has 0 aromatic heterocycles. The second-order valence-electron chi connectivity index (χ2n) is 4.61. The second-order valence-corrected chi connectivity index (χ2v) is 5.46. The van der Waals surface area contributed by atoms with E-state index in [-0.39, 0.29) is 5.56 Å². The summed E-state index contributed by atoms with van der Waals surface area (Å²) in [6.07, 6.45) is -1.14. The number of benzene rings is 2. The van der Waals surface area contributed by atoms with E-state index in [1.165, 1.54) is 14.2 Å². The lowest BCUT2D eigenvalue weighted by molar-refractivity contribution is 0.208. The van der Waals surface area contributed by atoms with Gasteiger partial charge in [0.05, 0.1) is 18.7 Å². The zero-order valence-electron chi connectivity index (χ0n) is 12.0. The molecule has 0 saturated heterocycles. The van der Waals surface area contributed by atoms with Crippen molar-refractivity contribution in [3.05, 3.63) is 57.3 Å². The van der Waals surface area contributed by atoms with Gasteiger partial charge in [-0.2, -0.15) is 0 Å². The van der Waals surface area contributed by atoms with Crippen molar-refractivity contribution in [3.63, 3.8) is 0 Å². The highest BCUT2D eigenvalue weighted by atomic mass is 79.9. The summed E-state index contributed by atoms with van der Waals surface area (Å²) >= 11 is 3.35. The van der Waals surface area contributed by atoms with Crippen LogP contribution >= 0.6 is 15.9 Å². The largest absolute Gasteiger partial charge is 0.496 e. The quantitative estimate of drug-likeness (QED) is 0.901. The van der Waals surface area contributed by atoms with E-state index < -0.39 is 11.9 Å². The topological polar surface area (TPSA) is 38.7 Å². The summed E-state index contributed by atoms with van der Waals surface area (Å²) in [5.41, 5.74) is 1.13. The van der Waals surface area contributed by atoms with Crippen molar-refractivity contribution in [2.75, 3.05) is 14.2 Å². The lowest BCUT2D eigenvalue weighted by Crippen LogP contribution is -2.06.